The van der Waals surface area contributed by atoms with E-state index in [1.807, 2.05) is 41.8 Å². The number of hydrogen-bond donors (Lipinski definition) is 1. The van der Waals surface area contributed by atoms with Crippen LogP contribution in [0.4, 0.5) is 16.4 Å². The van der Waals surface area contributed by atoms with Crippen molar-refractivity contribution in [2.45, 2.75) is 83.8 Å². The maximum absolute atomic E-state index is 13.7. The predicted octanol–water partition coefficient (Wildman–Crippen LogP) is 7.74. The van der Waals surface area contributed by atoms with Gasteiger partial charge in [-0.1, -0.05) is 32.6 Å². The van der Waals surface area contributed by atoms with Crippen LogP contribution in [0.2, 0.25) is 25.2 Å². The number of imidazole rings is 1. The summed E-state index contributed by atoms with van der Waals surface area (Å²) in [6.45, 7) is 14.3. The number of rotatable bonds is 9. The smallest absolute Gasteiger partial charge is 0.421 e. The minimum Gasteiger partial charge on any atom is -0.481 e. The number of aromatic nitrogens is 4. The van der Waals surface area contributed by atoms with E-state index in [1.165, 1.54) is 11.1 Å². The highest BCUT2D eigenvalue weighted by atomic mass is 28.3. The van der Waals surface area contributed by atoms with Gasteiger partial charge >= 0.3 is 12.1 Å². The molecule has 1 aliphatic carbocycles. The first-order valence-electron chi connectivity index (χ1n) is 15.2. The minimum absolute atomic E-state index is 0.0575. The Balaban J connectivity index is 1.61. The number of benzene rings is 1. The molecule has 0 aliphatic heterocycles. The SMILES string of the molecule is CC(C(Cn1cnc2ccc(-c3cc(C4CC4)cc(N(C(=O)OC(C)(C)C)c4cc(C#N)ccn4)n3)cc21)C(=O)O)[Si](C)(C)C. The molecule has 0 radical (unpaired) electrons. The first-order valence-corrected chi connectivity index (χ1v) is 18.8. The standard InChI is InChI=1S/C34H40N6O4Si/c1-21(45(5,6)7)26(32(41)42)19-39-20-37-27-11-10-24(16-29(27)39)28-15-25(23-8-9-23)17-31(38-28)40(33(43)44-34(2,3)4)30-14-22(18-35)12-13-36-30/h10-17,20-21,23,26H,8-9,19H2,1-7H3,(H,41,42). The quantitative estimate of drug-likeness (QED) is 0.187. The van der Waals surface area contributed by atoms with Crippen molar-refractivity contribution in [1.29, 1.82) is 5.26 Å². The number of carbonyl (C=O) groups excluding carboxylic acids is 1. The van der Waals surface area contributed by atoms with Crippen LogP contribution < -0.4 is 4.90 Å². The van der Waals surface area contributed by atoms with Crippen LogP contribution in [0, 0.1) is 17.2 Å². The van der Waals surface area contributed by atoms with Crippen molar-refractivity contribution in [3.8, 4) is 17.3 Å². The van der Waals surface area contributed by atoms with Gasteiger partial charge in [-0.2, -0.15) is 5.26 Å². The van der Waals surface area contributed by atoms with Crippen LogP contribution >= 0.6 is 0 Å². The number of carbonyl (C=O) groups is 2. The van der Waals surface area contributed by atoms with Gasteiger partial charge < -0.3 is 14.4 Å². The summed E-state index contributed by atoms with van der Waals surface area (Å²) < 4.78 is 7.69. The van der Waals surface area contributed by atoms with E-state index in [1.54, 1.807) is 39.2 Å². The second kappa shape index (κ2) is 12.1. The first-order chi connectivity index (χ1) is 21.1. The van der Waals surface area contributed by atoms with Gasteiger partial charge in [0.05, 0.1) is 40.6 Å². The van der Waals surface area contributed by atoms with Gasteiger partial charge in [0.2, 0.25) is 0 Å². The Morgan fingerprint density at radius 2 is 1.84 bits per heavy atom. The summed E-state index contributed by atoms with van der Waals surface area (Å²) in [7, 11) is -1.73. The summed E-state index contributed by atoms with van der Waals surface area (Å²) >= 11 is 0. The Morgan fingerprint density at radius 1 is 1.11 bits per heavy atom. The molecule has 4 aromatic rings. The van der Waals surface area contributed by atoms with E-state index in [0.717, 1.165) is 35.0 Å². The zero-order chi connectivity index (χ0) is 32.7. The van der Waals surface area contributed by atoms with Gasteiger partial charge in [-0.15, -0.1) is 0 Å². The molecule has 1 fully saturated rings. The van der Waals surface area contributed by atoms with Gasteiger partial charge in [0, 0.05) is 26.4 Å². The largest absolute Gasteiger partial charge is 0.481 e. The summed E-state index contributed by atoms with van der Waals surface area (Å²) in [6, 6.07) is 15.0. The number of fused-ring (bicyclic) bond motifs is 1. The van der Waals surface area contributed by atoms with Gasteiger partial charge in [-0.3, -0.25) is 4.79 Å². The maximum atomic E-state index is 13.7. The Labute approximate surface area is 264 Å². The molecule has 1 aromatic carbocycles. The van der Waals surface area contributed by atoms with Gasteiger partial charge in [-0.25, -0.2) is 24.6 Å². The number of amides is 1. The van der Waals surface area contributed by atoms with Crippen LogP contribution in [-0.2, 0) is 16.1 Å². The molecule has 234 valence electrons. The van der Waals surface area contributed by atoms with E-state index in [4.69, 9.17) is 9.72 Å². The number of anilines is 2. The molecule has 11 heteroatoms. The molecule has 1 saturated carbocycles. The molecule has 0 spiro atoms. The zero-order valence-corrected chi connectivity index (χ0v) is 27.9. The van der Waals surface area contributed by atoms with E-state index < -0.39 is 31.7 Å². The van der Waals surface area contributed by atoms with E-state index in [-0.39, 0.29) is 11.4 Å². The predicted molar refractivity (Wildman–Crippen MR) is 176 cm³/mol. The number of hydrogen-bond acceptors (Lipinski definition) is 7. The monoisotopic (exact) mass is 624 g/mol. The average Bonchev–Trinajstić information content (AvgIpc) is 3.74. The van der Waals surface area contributed by atoms with Gasteiger partial charge in [0.1, 0.15) is 17.2 Å². The van der Waals surface area contributed by atoms with Crippen molar-refractivity contribution in [3.63, 3.8) is 0 Å². The second-order valence-corrected chi connectivity index (χ2v) is 19.6. The number of nitriles is 1. The Kier molecular flexibility index (Phi) is 8.55. The van der Waals surface area contributed by atoms with E-state index >= 15 is 0 Å². The zero-order valence-electron chi connectivity index (χ0n) is 26.9. The summed E-state index contributed by atoms with van der Waals surface area (Å²) in [5.74, 6) is -0.422. The van der Waals surface area contributed by atoms with Crippen molar-refractivity contribution in [2.24, 2.45) is 5.92 Å². The molecule has 1 amide bonds. The van der Waals surface area contributed by atoms with Crippen LogP contribution in [0.5, 0.6) is 0 Å². The molecular weight excluding hydrogens is 584 g/mol. The van der Waals surface area contributed by atoms with E-state index in [0.29, 0.717) is 29.5 Å². The first kappa shape index (κ1) is 31.8. The molecule has 3 heterocycles. The summed E-state index contributed by atoms with van der Waals surface area (Å²) in [6.07, 6.45) is 4.61. The average molecular weight is 625 g/mol. The lowest BCUT2D eigenvalue weighted by Crippen LogP contribution is -2.37. The maximum Gasteiger partial charge on any atom is 0.421 e. The molecule has 5 rings (SSSR count). The fourth-order valence-electron chi connectivity index (χ4n) is 5.30. The van der Waals surface area contributed by atoms with E-state index in [2.05, 4.69) is 35.7 Å². The highest BCUT2D eigenvalue weighted by Gasteiger charge is 2.35. The molecule has 45 heavy (non-hydrogen) atoms. The summed E-state index contributed by atoms with van der Waals surface area (Å²) in [5, 5.41) is 19.7. The Hall–Kier alpha value is -4.56. The third kappa shape index (κ3) is 7.23. The van der Waals surface area contributed by atoms with Crippen molar-refractivity contribution in [2.75, 3.05) is 4.90 Å². The highest BCUT2D eigenvalue weighted by Crippen LogP contribution is 2.43. The summed E-state index contributed by atoms with van der Waals surface area (Å²) in [4.78, 5) is 41.2. The molecule has 1 aliphatic rings. The molecular formula is C34H40N6O4Si. The van der Waals surface area contributed by atoms with Gasteiger partial charge in [-0.05, 0) is 87.0 Å². The lowest BCUT2D eigenvalue weighted by atomic mass is 10.0. The molecule has 2 atom stereocenters. The fraction of sp³-hybridized carbons (Fsp3) is 0.412. The number of pyridine rings is 2. The second-order valence-electron chi connectivity index (χ2n) is 13.9. The fourth-order valence-corrected chi connectivity index (χ4v) is 6.76. The highest BCUT2D eigenvalue weighted by molar-refractivity contribution is 6.77. The van der Waals surface area contributed by atoms with Gasteiger partial charge in [0.25, 0.3) is 0 Å². The van der Waals surface area contributed by atoms with Crippen LogP contribution in [0.3, 0.4) is 0 Å². The van der Waals surface area contributed by atoms with Crippen molar-refractivity contribution < 1.29 is 19.4 Å². The topological polar surface area (TPSA) is 134 Å². The van der Waals surface area contributed by atoms with Crippen LogP contribution in [0.1, 0.15) is 57.6 Å². The third-order valence-electron chi connectivity index (χ3n) is 8.39. The lowest BCUT2D eigenvalue weighted by molar-refractivity contribution is -0.142. The summed E-state index contributed by atoms with van der Waals surface area (Å²) in [5.41, 5.74) is 3.72. The van der Waals surface area contributed by atoms with Crippen molar-refractivity contribution in [1.82, 2.24) is 19.5 Å². The molecule has 1 N–H and O–H groups in total. The van der Waals surface area contributed by atoms with E-state index in [9.17, 15) is 20.0 Å². The normalized spacial score (nSPS) is 14.9. The number of carboxylic acids is 1. The lowest BCUT2D eigenvalue weighted by Gasteiger charge is -2.30. The molecule has 0 bridgehead atoms. The van der Waals surface area contributed by atoms with Crippen LogP contribution in [0.25, 0.3) is 22.3 Å². The molecule has 3 aromatic heterocycles. The third-order valence-corrected chi connectivity index (χ3v) is 11.5. The number of carboxylic acid groups (broad SMARTS) is 1. The van der Waals surface area contributed by atoms with Gasteiger partial charge in [0.15, 0.2) is 0 Å². The number of nitrogens with zero attached hydrogens (tertiary/aromatic N) is 6. The Bertz CT molecular complexity index is 1790. The van der Waals surface area contributed by atoms with Crippen LogP contribution in [-0.4, -0.2) is 50.4 Å². The minimum atomic E-state index is -1.73. The van der Waals surface area contributed by atoms with Crippen LogP contribution in [0.15, 0.2) is 55.0 Å². The Morgan fingerprint density at radius 3 is 2.47 bits per heavy atom. The number of ether oxygens (including phenoxy) is 1. The molecule has 10 nitrogen and oxygen atoms in total. The molecule has 0 saturated heterocycles. The van der Waals surface area contributed by atoms with Crippen molar-refractivity contribution >= 4 is 42.8 Å². The van der Waals surface area contributed by atoms with Crippen molar-refractivity contribution in [3.05, 3.63) is 66.1 Å². The number of aliphatic carboxylic acids is 1. The molecule has 2 unspecified atom stereocenters.